The Morgan fingerprint density at radius 1 is 1.25 bits per heavy atom. The van der Waals surface area contributed by atoms with E-state index in [0.717, 1.165) is 0 Å². The highest BCUT2D eigenvalue weighted by Crippen LogP contribution is 2.38. The first-order chi connectivity index (χ1) is 9.49. The molecule has 1 aromatic carbocycles. The van der Waals surface area contributed by atoms with Crippen molar-refractivity contribution in [2.24, 2.45) is 5.41 Å². The van der Waals surface area contributed by atoms with Gasteiger partial charge >= 0.3 is 5.97 Å². The van der Waals surface area contributed by atoms with E-state index < -0.39 is 17.2 Å². The van der Waals surface area contributed by atoms with Crippen molar-refractivity contribution >= 4 is 17.5 Å². The molecule has 0 saturated heterocycles. The Kier molecular flexibility index (Phi) is 3.88. The summed E-state index contributed by atoms with van der Waals surface area (Å²) < 4.78 is 5.05. The number of Topliss-reactive ketones (excluding diaryl/α,β-unsaturated/α-hetero) is 2. The average Bonchev–Trinajstić information content (AvgIpc) is 2.47. The molecular weight excluding hydrogens is 260 g/mol. The van der Waals surface area contributed by atoms with E-state index in [0.29, 0.717) is 11.3 Å². The minimum atomic E-state index is -1.49. The van der Waals surface area contributed by atoms with E-state index >= 15 is 0 Å². The molecule has 0 unspecified atom stereocenters. The molecule has 0 spiro atoms. The topological polar surface area (TPSA) is 80.7 Å². The predicted octanol–water partition coefficient (Wildman–Crippen LogP) is 2.09. The molecule has 1 saturated carbocycles. The highest BCUT2D eigenvalue weighted by atomic mass is 16.5. The van der Waals surface area contributed by atoms with Crippen LogP contribution in [0.15, 0.2) is 24.3 Å². The zero-order chi connectivity index (χ0) is 14.8. The van der Waals surface area contributed by atoms with Crippen molar-refractivity contribution in [3.63, 3.8) is 0 Å². The first-order valence-electron chi connectivity index (χ1n) is 6.43. The maximum absolute atomic E-state index is 12.6. The van der Waals surface area contributed by atoms with E-state index in [1.807, 2.05) is 0 Å². The van der Waals surface area contributed by atoms with Crippen molar-refractivity contribution in [1.29, 1.82) is 0 Å². The van der Waals surface area contributed by atoms with Gasteiger partial charge in [0.1, 0.15) is 16.9 Å². The first kappa shape index (κ1) is 14.2. The summed E-state index contributed by atoms with van der Waals surface area (Å²) in [5, 5.41) is 9.47. The number of benzene rings is 1. The van der Waals surface area contributed by atoms with Crippen LogP contribution in [-0.4, -0.2) is 29.8 Å². The largest absolute Gasteiger partial charge is 0.497 e. The molecule has 1 aromatic rings. The van der Waals surface area contributed by atoms with Crippen LogP contribution >= 0.6 is 0 Å². The minimum absolute atomic E-state index is 0.0142. The molecule has 1 aliphatic rings. The molecule has 2 rings (SSSR count). The van der Waals surface area contributed by atoms with Crippen LogP contribution in [-0.2, 0) is 9.59 Å². The lowest BCUT2D eigenvalue weighted by Gasteiger charge is -2.31. The molecule has 0 radical (unpaired) electrons. The number of methoxy groups -OCH3 is 1. The molecular formula is C15H16O5. The Balaban J connectivity index is 2.36. The van der Waals surface area contributed by atoms with Crippen molar-refractivity contribution in [3.05, 3.63) is 29.8 Å². The van der Waals surface area contributed by atoms with E-state index in [4.69, 9.17) is 4.74 Å². The third-order valence-electron chi connectivity index (χ3n) is 3.84. The highest BCUT2D eigenvalue weighted by molar-refractivity contribution is 6.13. The summed E-state index contributed by atoms with van der Waals surface area (Å²) in [5.74, 6) is -1.09. The maximum atomic E-state index is 12.6. The van der Waals surface area contributed by atoms with Crippen LogP contribution in [0.1, 0.15) is 36.0 Å². The number of carbonyl (C=O) groups is 3. The van der Waals surface area contributed by atoms with Crippen molar-refractivity contribution < 1.29 is 24.2 Å². The molecule has 1 aliphatic carbocycles. The Bertz CT molecular complexity index is 551. The van der Waals surface area contributed by atoms with Gasteiger partial charge < -0.3 is 9.84 Å². The number of carboxylic acid groups (broad SMARTS) is 1. The molecule has 0 amide bonds. The van der Waals surface area contributed by atoms with Gasteiger partial charge in [-0.05, 0) is 25.0 Å². The third kappa shape index (κ3) is 2.43. The van der Waals surface area contributed by atoms with Crippen LogP contribution in [0.2, 0.25) is 0 Å². The molecule has 1 fully saturated rings. The van der Waals surface area contributed by atoms with E-state index in [-0.39, 0.29) is 31.5 Å². The second kappa shape index (κ2) is 5.45. The second-order valence-electron chi connectivity index (χ2n) is 4.99. The van der Waals surface area contributed by atoms with Crippen LogP contribution in [0.4, 0.5) is 0 Å². The van der Waals surface area contributed by atoms with Crippen LogP contribution in [0.25, 0.3) is 0 Å². The fourth-order valence-corrected chi connectivity index (χ4v) is 2.53. The Morgan fingerprint density at radius 3 is 2.45 bits per heavy atom. The number of carbonyl (C=O) groups excluding carboxylic acids is 2. The van der Waals surface area contributed by atoms with Gasteiger partial charge in [0.05, 0.1) is 7.11 Å². The van der Waals surface area contributed by atoms with Crippen LogP contribution in [0.5, 0.6) is 5.75 Å². The van der Waals surface area contributed by atoms with E-state index in [2.05, 4.69) is 0 Å². The number of ketones is 2. The molecule has 0 heterocycles. The fraction of sp³-hybridized carbons (Fsp3) is 0.400. The number of aliphatic carboxylic acids is 1. The lowest BCUT2D eigenvalue weighted by Crippen LogP contribution is -2.42. The highest BCUT2D eigenvalue weighted by Gasteiger charge is 2.48. The van der Waals surface area contributed by atoms with Crippen molar-refractivity contribution in [3.8, 4) is 5.75 Å². The molecule has 5 heteroatoms. The standard InChI is InChI=1S/C15H16O5/c1-20-12-4-2-3-10(9-12)13(17)15(14(18)19)7-5-11(16)6-8-15/h2-4,9H,5-8H2,1H3,(H,18,19). The van der Waals surface area contributed by atoms with Crippen molar-refractivity contribution in [2.75, 3.05) is 7.11 Å². The van der Waals surface area contributed by atoms with Crippen molar-refractivity contribution in [1.82, 2.24) is 0 Å². The van der Waals surface area contributed by atoms with Crippen LogP contribution in [0.3, 0.4) is 0 Å². The maximum Gasteiger partial charge on any atom is 0.317 e. The SMILES string of the molecule is COc1cccc(C(=O)C2(C(=O)O)CCC(=O)CC2)c1. The van der Waals surface area contributed by atoms with Gasteiger partial charge in [-0.15, -0.1) is 0 Å². The number of ether oxygens (including phenoxy) is 1. The molecule has 1 N–H and O–H groups in total. The molecule has 106 valence electrons. The first-order valence-corrected chi connectivity index (χ1v) is 6.43. The second-order valence-corrected chi connectivity index (χ2v) is 4.99. The Morgan fingerprint density at radius 2 is 1.90 bits per heavy atom. The quantitative estimate of drug-likeness (QED) is 0.672. The minimum Gasteiger partial charge on any atom is -0.497 e. The molecule has 0 bridgehead atoms. The van der Waals surface area contributed by atoms with Gasteiger partial charge in [-0.3, -0.25) is 14.4 Å². The van der Waals surface area contributed by atoms with Crippen LogP contribution < -0.4 is 4.74 Å². The number of carboxylic acids is 1. The summed E-state index contributed by atoms with van der Waals surface area (Å²) >= 11 is 0. The van der Waals surface area contributed by atoms with E-state index in [1.165, 1.54) is 13.2 Å². The number of hydrogen-bond acceptors (Lipinski definition) is 4. The lowest BCUT2D eigenvalue weighted by molar-refractivity contribution is -0.148. The van der Waals surface area contributed by atoms with Gasteiger partial charge in [-0.2, -0.15) is 0 Å². The monoisotopic (exact) mass is 276 g/mol. The number of hydrogen-bond donors (Lipinski definition) is 1. The summed E-state index contributed by atoms with van der Waals surface area (Å²) in [6.07, 6.45) is 0.415. The average molecular weight is 276 g/mol. The lowest BCUT2D eigenvalue weighted by atomic mass is 9.69. The van der Waals surface area contributed by atoms with E-state index in [1.54, 1.807) is 18.2 Å². The summed E-state index contributed by atoms with van der Waals surface area (Å²) in [6, 6.07) is 6.44. The summed E-state index contributed by atoms with van der Waals surface area (Å²) in [4.78, 5) is 35.5. The number of rotatable bonds is 4. The zero-order valence-corrected chi connectivity index (χ0v) is 11.2. The van der Waals surface area contributed by atoms with E-state index in [9.17, 15) is 19.5 Å². The van der Waals surface area contributed by atoms with Crippen molar-refractivity contribution in [2.45, 2.75) is 25.7 Å². The molecule has 5 nitrogen and oxygen atoms in total. The van der Waals surface area contributed by atoms with Gasteiger partial charge in [0, 0.05) is 18.4 Å². The predicted molar refractivity (Wildman–Crippen MR) is 70.9 cm³/mol. The molecule has 0 aliphatic heterocycles. The summed E-state index contributed by atoms with van der Waals surface area (Å²) in [5.41, 5.74) is -1.18. The smallest absolute Gasteiger partial charge is 0.317 e. The molecule has 0 aromatic heterocycles. The zero-order valence-electron chi connectivity index (χ0n) is 11.2. The van der Waals surface area contributed by atoms with Gasteiger partial charge in [-0.1, -0.05) is 12.1 Å². The Hall–Kier alpha value is -2.17. The fourth-order valence-electron chi connectivity index (χ4n) is 2.53. The van der Waals surface area contributed by atoms with Gasteiger partial charge in [0.25, 0.3) is 0 Å². The normalized spacial score (nSPS) is 17.6. The third-order valence-corrected chi connectivity index (χ3v) is 3.84. The van der Waals surface area contributed by atoms with Crippen LogP contribution in [0, 0.1) is 5.41 Å². The Labute approximate surface area is 116 Å². The van der Waals surface area contributed by atoms with Gasteiger partial charge in [0.2, 0.25) is 0 Å². The molecule has 20 heavy (non-hydrogen) atoms. The summed E-state index contributed by atoms with van der Waals surface area (Å²) in [6.45, 7) is 0. The molecule has 0 atom stereocenters. The summed E-state index contributed by atoms with van der Waals surface area (Å²) in [7, 11) is 1.48. The van der Waals surface area contributed by atoms with Gasteiger partial charge in [-0.25, -0.2) is 0 Å². The van der Waals surface area contributed by atoms with Gasteiger partial charge in [0.15, 0.2) is 5.78 Å².